The van der Waals surface area contributed by atoms with Crippen LogP contribution in [0.5, 0.6) is 0 Å². The summed E-state index contributed by atoms with van der Waals surface area (Å²) in [5.74, 6) is 0.841. The van der Waals surface area contributed by atoms with Gasteiger partial charge in [0.1, 0.15) is 11.6 Å². The van der Waals surface area contributed by atoms with E-state index in [1.165, 1.54) is 4.90 Å². The van der Waals surface area contributed by atoms with Gasteiger partial charge in [-0.3, -0.25) is 9.59 Å². The Balaban J connectivity index is 1.70. The van der Waals surface area contributed by atoms with Crippen molar-refractivity contribution in [2.75, 3.05) is 12.3 Å². The third-order valence-corrected chi connectivity index (χ3v) is 7.01. The minimum atomic E-state index is -0.159. The Labute approximate surface area is 207 Å². The summed E-state index contributed by atoms with van der Waals surface area (Å²) >= 11 is 1.03. The van der Waals surface area contributed by atoms with Crippen molar-refractivity contribution in [3.05, 3.63) is 88.3 Å². The molecule has 3 aromatic carbocycles. The Morgan fingerprint density at radius 3 is 2.49 bits per heavy atom. The maximum absolute atomic E-state index is 13.6. The number of nitrogens with zero attached hydrogens (tertiary/aromatic N) is 3. The van der Waals surface area contributed by atoms with E-state index in [2.05, 4.69) is 9.97 Å². The molecule has 0 radical (unpaired) electrons. The molecule has 0 unspecified atom stereocenters. The first-order valence-electron chi connectivity index (χ1n) is 11.2. The highest BCUT2D eigenvalue weighted by molar-refractivity contribution is 8.17. The average molecular weight is 487 g/mol. The van der Waals surface area contributed by atoms with Gasteiger partial charge in [0, 0.05) is 41.0 Å². The summed E-state index contributed by atoms with van der Waals surface area (Å²) in [7, 11) is 0. The van der Waals surface area contributed by atoms with Crippen LogP contribution in [0.25, 0.3) is 21.5 Å². The van der Waals surface area contributed by atoms with Gasteiger partial charge < -0.3 is 15.7 Å². The molecule has 4 rings (SSSR count). The second kappa shape index (κ2) is 10.7. The highest BCUT2D eigenvalue weighted by atomic mass is 32.2. The molecule has 1 aromatic heterocycles. The van der Waals surface area contributed by atoms with Gasteiger partial charge >= 0.3 is 0 Å². The molecule has 0 aliphatic heterocycles. The molecule has 35 heavy (non-hydrogen) atoms. The predicted octanol–water partition coefficient (Wildman–Crippen LogP) is 4.82. The fourth-order valence-corrected chi connectivity index (χ4v) is 4.97. The maximum atomic E-state index is 13.6. The number of benzene rings is 3. The van der Waals surface area contributed by atoms with Crippen LogP contribution in [0, 0.1) is 6.92 Å². The summed E-state index contributed by atoms with van der Waals surface area (Å²) in [5.41, 5.74) is 7.76. The van der Waals surface area contributed by atoms with E-state index in [-0.39, 0.29) is 24.7 Å². The van der Waals surface area contributed by atoms with E-state index in [4.69, 9.17) is 5.73 Å². The number of aryl methyl sites for hydroxylation is 1. The summed E-state index contributed by atoms with van der Waals surface area (Å²) in [6.07, 6.45) is 2.51. The van der Waals surface area contributed by atoms with Crippen LogP contribution in [0.2, 0.25) is 0 Å². The third-order valence-electron chi connectivity index (χ3n) is 5.86. The van der Waals surface area contributed by atoms with Gasteiger partial charge in [0.15, 0.2) is 0 Å². The number of aliphatic hydroxyl groups excluding tert-OH is 1. The molecule has 0 bridgehead atoms. The topological polar surface area (TPSA) is 109 Å². The number of thioether (sulfide) groups is 1. The van der Waals surface area contributed by atoms with Crippen LogP contribution < -0.4 is 5.73 Å². The molecule has 7 nitrogen and oxygen atoms in total. The van der Waals surface area contributed by atoms with Crippen LogP contribution in [0.3, 0.4) is 0 Å². The lowest BCUT2D eigenvalue weighted by molar-refractivity contribution is -0.116. The number of hydrogen-bond acceptors (Lipinski definition) is 7. The molecule has 4 aromatic rings. The highest BCUT2D eigenvalue weighted by Gasteiger charge is 2.19. The van der Waals surface area contributed by atoms with Crippen LogP contribution in [-0.4, -0.2) is 38.1 Å². The van der Waals surface area contributed by atoms with E-state index < -0.39 is 0 Å². The number of aromatic nitrogens is 2. The smallest absolute Gasteiger partial charge is 0.224 e. The lowest BCUT2D eigenvalue weighted by Gasteiger charge is -2.22. The van der Waals surface area contributed by atoms with Gasteiger partial charge in [-0.15, -0.1) is 0 Å². The Morgan fingerprint density at radius 1 is 1.11 bits per heavy atom. The van der Waals surface area contributed by atoms with Crippen LogP contribution >= 0.6 is 11.8 Å². The number of amides is 1. The van der Waals surface area contributed by atoms with Crippen LogP contribution in [0.1, 0.15) is 35.1 Å². The van der Waals surface area contributed by atoms with E-state index in [0.717, 1.165) is 33.3 Å². The van der Waals surface area contributed by atoms with Crippen LogP contribution in [0.4, 0.5) is 5.82 Å². The van der Waals surface area contributed by atoms with Gasteiger partial charge in [-0.25, -0.2) is 9.97 Å². The maximum Gasteiger partial charge on any atom is 0.224 e. The molecular formula is C27H26N4O3S. The number of nitrogens with two attached hydrogens (primary N) is 1. The third kappa shape index (κ3) is 5.18. The minimum absolute atomic E-state index is 0.154. The Bertz CT molecular complexity index is 1450. The standard InChI is InChI=1S/C27H26N4O3S/c1-17(31(16-33)15-20-14-29-18(2)30-26(20)28)25(11-12-32)35-27(34)24-13-19-7-3-4-8-21(19)22-9-5-6-10-23(22)24/h3-10,13-14,16,32H,11-12,15H2,1-2H3,(H2,28,29,30). The van der Waals surface area contributed by atoms with E-state index in [0.29, 0.717) is 39.8 Å². The van der Waals surface area contributed by atoms with Gasteiger partial charge in [0.2, 0.25) is 11.5 Å². The molecule has 0 aliphatic rings. The monoisotopic (exact) mass is 486 g/mol. The highest BCUT2D eigenvalue weighted by Crippen LogP contribution is 2.34. The largest absolute Gasteiger partial charge is 0.396 e. The van der Waals surface area contributed by atoms with Gasteiger partial charge in [0.05, 0.1) is 6.54 Å². The van der Waals surface area contributed by atoms with Gasteiger partial charge in [-0.1, -0.05) is 48.5 Å². The predicted molar refractivity (Wildman–Crippen MR) is 141 cm³/mol. The van der Waals surface area contributed by atoms with Crippen LogP contribution in [0.15, 0.2) is 71.4 Å². The summed E-state index contributed by atoms with van der Waals surface area (Å²) in [5, 5.41) is 13.5. The number of allylic oxidation sites excluding steroid dienone is 1. The Kier molecular flexibility index (Phi) is 7.43. The van der Waals surface area contributed by atoms with Crippen molar-refractivity contribution in [1.82, 2.24) is 14.9 Å². The number of anilines is 1. The number of rotatable bonds is 8. The van der Waals surface area contributed by atoms with Crippen molar-refractivity contribution in [1.29, 1.82) is 0 Å². The molecular weight excluding hydrogens is 460 g/mol. The molecule has 8 heteroatoms. The first kappa shape index (κ1) is 24.4. The van der Waals surface area contributed by atoms with Crippen molar-refractivity contribution < 1.29 is 14.7 Å². The molecule has 0 aliphatic carbocycles. The summed E-state index contributed by atoms with van der Waals surface area (Å²) < 4.78 is 0. The van der Waals surface area contributed by atoms with Crippen molar-refractivity contribution in [2.45, 2.75) is 26.8 Å². The molecule has 0 saturated heterocycles. The first-order valence-corrected chi connectivity index (χ1v) is 12.0. The number of aliphatic hydroxyl groups is 1. The van der Waals surface area contributed by atoms with E-state index in [1.807, 2.05) is 54.6 Å². The van der Waals surface area contributed by atoms with E-state index in [1.54, 1.807) is 20.0 Å². The number of carbonyl (C=O) groups is 2. The molecule has 0 spiro atoms. The molecule has 0 fully saturated rings. The fourth-order valence-electron chi connectivity index (χ4n) is 4.01. The van der Waals surface area contributed by atoms with Crippen molar-refractivity contribution in [2.24, 2.45) is 0 Å². The van der Waals surface area contributed by atoms with Crippen molar-refractivity contribution in [3.8, 4) is 0 Å². The molecule has 178 valence electrons. The van der Waals surface area contributed by atoms with Crippen molar-refractivity contribution >= 4 is 50.7 Å². The second-order valence-corrected chi connectivity index (χ2v) is 9.19. The number of nitrogen functional groups attached to an aromatic ring is 1. The Hall–Kier alpha value is -3.75. The summed E-state index contributed by atoms with van der Waals surface area (Å²) in [6, 6.07) is 17.7. The lowest BCUT2D eigenvalue weighted by atomic mass is 9.98. The number of carbonyl (C=O) groups excluding carboxylic acids is 2. The second-order valence-electron chi connectivity index (χ2n) is 8.12. The van der Waals surface area contributed by atoms with Gasteiger partial charge in [0.25, 0.3) is 0 Å². The number of hydrogen-bond donors (Lipinski definition) is 2. The van der Waals surface area contributed by atoms with Crippen molar-refractivity contribution in [3.63, 3.8) is 0 Å². The van der Waals surface area contributed by atoms with Gasteiger partial charge in [-0.05, 0) is 53.2 Å². The SMILES string of the molecule is CC(=C(CCO)SC(=O)c1cc2ccccc2c2ccccc12)N(C=O)Cc1cnc(C)nc1N. The molecule has 1 amide bonds. The summed E-state index contributed by atoms with van der Waals surface area (Å²) in [4.78, 5) is 35.9. The number of fused-ring (bicyclic) bond motifs is 3. The molecule has 3 N–H and O–H groups in total. The minimum Gasteiger partial charge on any atom is -0.396 e. The first-order chi connectivity index (χ1) is 16.9. The average Bonchev–Trinajstić information content (AvgIpc) is 2.87. The normalized spacial score (nSPS) is 12.0. The molecule has 0 saturated carbocycles. The lowest BCUT2D eigenvalue weighted by Crippen LogP contribution is -2.22. The zero-order valence-corrected chi connectivity index (χ0v) is 20.4. The zero-order valence-electron chi connectivity index (χ0n) is 19.6. The van der Waals surface area contributed by atoms with E-state index >= 15 is 0 Å². The molecule has 0 atom stereocenters. The Morgan fingerprint density at radius 2 is 1.80 bits per heavy atom. The molecule has 1 heterocycles. The van der Waals surface area contributed by atoms with Gasteiger partial charge in [-0.2, -0.15) is 0 Å². The quantitative estimate of drug-likeness (QED) is 0.271. The van der Waals surface area contributed by atoms with E-state index in [9.17, 15) is 14.7 Å². The summed E-state index contributed by atoms with van der Waals surface area (Å²) in [6.45, 7) is 3.49. The fraction of sp³-hybridized carbons (Fsp3) is 0.185. The van der Waals surface area contributed by atoms with Crippen LogP contribution in [-0.2, 0) is 11.3 Å². The zero-order chi connectivity index (χ0) is 24.9.